The minimum atomic E-state index is -0.676. The first-order valence-corrected chi connectivity index (χ1v) is 12.3. The van der Waals surface area contributed by atoms with Crippen molar-refractivity contribution in [3.8, 4) is 5.82 Å². The smallest absolute Gasteiger partial charge is 0.242 e. The lowest BCUT2D eigenvalue weighted by Gasteiger charge is -2.27. The van der Waals surface area contributed by atoms with Crippen LogP contribution in [0.3, 0.4) is 0 Å². The number of carbonyl (C=O) groups excluding carboxylic acids is 1. The van der Waals surface area contributed by atoms with Crippen LogP contribution in [0.25, 0.3) is 5.82 Å². The maximum Gasteiger partial charge on any atom is 0.242 e. The summed E-state index contributed by atoms with van der Waals surface area (Å²) in [5, 5.41) is 9.28. The van der Waals surface area contributed by atoms with Crippen molar-refractivity contribution in [2.45, 2.75) is 58.0 Å². The van der Waals surface area contributed by atoms with Crippen LogP contribution >= 0.6 is 0 Å². The Bertz CT molecular complexity index is 1120. The SMILES string of the molecule is CCNc1nc(NC(CC2CCCCC2)C(=O)NCc2ccc(F)cc2F)cc(-n2cccc2)n1. The van der Waals surface area contributed by atoms with E-state index in [-0.39, 0.29) is 18.0 Å². The van der Waals surface area contributed by atoms with E-state index in [1.807, 2.05) is 42.1 Å². The number of amides is 1. The van der Waals surface area contributed by atoms with E-state index in [0.29, 0.717) is 36.5 Å². The molecule has 2 aromatic heterocycles. The maximum atomic E-state index is 14.1. The fraction of sp³-hybridized carbons (Fsp3) is 0.423. The lowest BCUT2D eigenvalue weighted by Crippen LogP contribution is -2.41. The van der Waals surface area contributed by atoms with E-state index in [0.717, 1.165) is 31.7 Å². The normalized spacial score (nSPS) is 14.9. The van der Waals surface area contributed by atoms with Gasteiger partial charge in [0.2, 0.25) is 11.9 Å². The first-order valence-electron chi connectivity index (χ1n) is 12.3. The second-order valence-corrected chi connectivity index (χ2v) is 8.95. The van der Waals surface area contributed by atoms with Gasteiger partial charge in [-0.2, -0.15) is 9.97 Å². The fourth-order valence-electron chi connectivity index (χ4n) is 4.50. The van der Waals surface area contributed by atoms with Crippen LogP contribution in [0.1, 0.15) is 51.0 Å². The van der Waals surface area contributed by atoms with E-state index in [4.69, 9.17) is 0 Å². The van der Waals surface area contributed by atoms with Gasteiger partial charge in [-0.3, -0.25) is 4.79 Å². The Kier molecular flexibility index (Phi) is 8.28. The number of hydrogen-bond donors (Lipinski definition) is 3. The summed E-state index contributed by atoms with van der Waals surface area (Å²) in [6, 6.07) is 8.45. The highest BCUT2D eigenvalue weighted by Gasteiger charge is 2.25. The molecule has 186 valence electrons. The van der Waals surface area contributed by atoms with Crippen LogP contribution in [0.15, 0.2) is 48.8 Å². The monoisotopic (exact) mass is 482 g/mol. The highest BCUT2D eigenvalue weighted by molar-refractivity contribution is 5.84. The van der Waals surface area contributed by atoms with Gasteiger partial charge in [-0.05, 0) is 37.5 Å². The van der Waals surface area contributed by atoms with Gasteiger partial charge in [-0.25, -0.2) is 8.78 Å². The molecule has 35 heavy (non-hydrogen) atoms. The third-order valence-electron chi connectivity index (χ3n) is 6.32. The predicted octanol–water partition coefficient (Wildman–Crippen LogP) is 5.04. The number of carbonyl (C=O) groups is 1. The third kappa shape index (κ3) is 6.77. The molecule has 1 aliphatic rings. The lowest BCUT2D eigenvalue weighted by atomic mass is 9.84. The number of anilines is 2. The summed E-state index contributed by atoms with van der Waals surface area (Å²) >= 11 is 0. The molecule has 1 aromatic carbocycles. The van der Waals surface area contributed by atoms with Gasteiger partial charge in [0.15, 0.2) is 0 Å². The molecule has 1 amide bonds. The van der Waals surface area contributed by atoms with Gasteiger partial charge < -0.3 is 20.5 Å². The van der Waals surface area contributed by atoms with Crippen molar-refractivity contribution in [1.82, 2.24) is 19.9 Å². The molecule has 1 unspecified atom stereocenters. The molecule has 1 saturated carbocycles. The molecular weight excluding hydrogens is 450 g/mol. The van der Waals surface area contributed by atoms with Crippen molar-refractivity contribution < 1.29 is 13.6 Å². The van der Waals surface area contributed by atoms with E-state index in [1.54, 1.807) is 0 Å². The number of nitrogens with zero attached hydrogens (tertiary/aromatic N) is 3. The quantitative estimate of drug-likeness (QED) is 0.377. The summed E-state index contributed by atoms with van der Waals surface area (Å²) in [6.45, 7) is 2.60. The first-order chi connectivity index (χ1) is 17.0. The lowest BCUT2D eigenvalue weighted by molar-refractivity contribution is -0.122. The van der Waals surface area contributed by atoms with Gasteiger partial charge in [0.25, 0.3) is 0 Å². The average Bonchev–Trinajstić information content (AvgIpc) is 3.39. The van der Waals surface area contributed by atoms with Gasteiger partial charge >= 0.3 is 0 Å². The van der Waals surface area contributed by atoms with Crippen LogP contribution < -0.4 is 16.0 Å². The summed E-state index contributed by atoms with van der Waals surface area (Å²) in [7, 11) is 0. The van der Waals surface area contributed by atoms with Crippen LogP contribution in [-0.2, 0) is 11.3 Å². The maximum absolute atomic E-state index is 14.1. The second kappa shape index (κ2) is 11.8. The van der Waals surface area contributed by atoms with Gasteiger partial charge in [-0.15, -0.1) is 0 Å². The number of benzene rings is 1. The van der Waals surface area contributed by atoms with Crippen molar-refractivity contribution in [3.05, 3.63) is 66.0 Å². The number of nitrogens with one attached hydrogen (secondary N) is 3. The Hall–Kier alpha value is -3.49. The van der Waals surface area contributed by atoms with Crippen molar-refractivity contribution in [1.29, 1.82) is 0 Å². The van der Waals surface area contributed by atoms with Crippen LogP contribution in [0.5, 0.6) is 0 Å². The largest absolute Gasteiger partial charge is 0.358 e. The summed E-state index contributed by atoms with van der Waals surface area (Å²) in [4.78, 5) is 22.4. The summed E-state index contributed by atoms with van der Waals surface area (Å²) in [6.07, 6.45) is 10.2. The first kappa shape index (κ1) is 24.6. The average molecular weight is 483 g/mol. The number of rotatable bonds is 10. The van der Waals surface area contributed by atoms with E-state index in [2.05, 4.69) is 25.9 Å². The summed E-state index contributed by atoms with van der Waals surface area (Å²) in [5.41, 5.74) is 0.238. The van der Waals surface area contributed by atoms with E-state index < -0.39 is 17.7 Å². The van der Waals surface area contributed by atoms with Gasteiger partial charge in [0.05, 0.1) is 0 Å². The summed E-state index contributed by atoms with van der Waals surface area (Å²) < 4.78 is 29.2. The third-order valence-corrected chi connectivity index (χ3v) is 6.32. The molecule has 0 radical (unpaired) electrons. The van der Waals surface area contributed by atoms with Crippen molar-refractivity contribution in [3.63, 3.8) is 0 Å². The Morgan fingerprint density at radius 3 is 2.60 bits per heavy atom. The van der Waals surface area contributed by atoms with Crippen molar-refractivity contribution >= 4 is 17.7 Å². The molecule has 1 fully saturated rings. The van der Waals surface area contributed by atoms with Gasteiger partial charge in [-0.1, -0.05) is 38.2 Å². The Morgan fingerprint density at radius 2 is 1.89 bits per heavy atom. The molecular formula is C26H32F2N6O. The molecule has 0 spiro atoms. The molecule has 0 bridgehead atoms. The molecule has 1 atom stereocenters. The van der Waals surface area contributed by atoms with Crippen LogP contribution in [0, 0.1) is 17.6 Å². The Balaban J connectivity index is 1.54. The van der Waals surface area contributed by atoms with E-state index >= 15 is 0 Å². The van der Waals surface area contributed by atoms with Gasteiger partial charge in [0, 0.05) is 43.2 Å². The molecule has 0 saturated heterocycles. The zero-order valence-electron chi connectivity index (χ0n) is 19.9. The predicted molar refractivity (Wildman–Crippen MR) is 132 cm³/mol. The van der Waals surface area contributed by atoms with Crippen molar-refractivity contribution in [2.24, 2.45) is 5.92 Å². The second-order valence-electron chi connectivity index (χ2n) is 8.95. The zero-order valence-corrected chi connectivity index (χ0v) is 19.9. The molecule has 9 heteroatoms. The molecule has 7 nitrogen and oxygen atoms in total. The molecule has 0 aliphatic heterocycles. The number of aromatic nitrogens is 3. The topological polar surface area (TPSA) is 83.9 Å². The van der Waals surface area contributed by atoms with E-state index in [9.17, 15) is 13.6 Å². The number of halogens is 2. The highest BCUT2D eigenvalue weighted by atomic mass is 19.1. The minimum Gasteiger partial charge on any atom is -0.358 e. The van der Waals surface area contributed by atoms with E-state index in [1.165, 1.54) is 18.6 Å². The standard InChI is InChI=1S/C26H32F2N6O/c1-2-29-26-32-23(16-24(33-26)34-12-6-7-13-34)31-22(14-18-8-4-3-5-9-18)25(35)30-17-19-10-11-20(27)15-21(19)28/h6-7,10-13,15-16,18,22H,2-5,8-9,14,17H2,1H3,(H,30,35)(H2,29,31,32,33). The molecule has 3 N–H and O–H groups in total. The molecule has 2 heterocycles. The molecule has 3 aromatic rings. The highest BCUT2D eigenvalue weighted by Crippen LogP contribution is 2.28. The van der Waals surface area contributed by atoms with Crippen LogP contribution in [-0.4, -0.2) is 33.0 Å². The van der Waals surface area contributed by atoms with Gasteiger partial charge in [0.1, 0.15) is 29.3 Å². The Labute approximate surface area is 204 Å². The van der Waals surface area contributed by atoms with Crippen LogP contribution in [0.2, 0.25) is 0 Å². The zero-order chi connectivity index (χ0) is 24.6. The number of hydrogen-bond acceptors (Lipinski definition) is 5. The minimum absolute atomic E-state index is 0.0190. The van der Waals surface area contributed by atoms with Crippen LogP contribution in [0.4, 0.5) is 20.5 Å². The Morgan fingerprint density at radius 1 is 1.11 bits per heavy atom. The molecule has 4 rings (SSSR count). The molecule has 1 aliphatic carbocycles. The summed E-state index contributed by atoms with van der Waals surface area (Å²) in [5.74, 6) is 0.528. The van der Waals surface area contributed by atoms with Crippen molar-refractivity contribution in [2.75, 3.05) is 17.2 Å². The fourth-order valence-corrected chi connectivity index (χ4v) is 4.50.